The largest absolute Gasteiger partial charge is 0.495 e. The molecule has 1 aromatic carbocycles. The molecule has 8 heteroatoms. The summed E-state index contributed by atoms with van der Waals surface area (Å²) in [6.45, 7) is 0.185. The molecule has 7 nitrogen and oxygen atoms in total. The minimum absolute atomic E-state index is 0.185. The van der Waals surface area contributed by atoms with Crippen molar-refractivity contribution in [1.82, 2.24) is 20.1 Å². The molecule has 2 heterocycles. The molecule has 0 radical (unpaired) electrons. The third-order valence-electron chi connectivity index (χ3n) is 3.22. The first kappa shape index (κ1) is 15.0. The molecule has 23 heavy (non-hydrogen) atoms. The molecule has 3 rings (SSSR count). The van der Waals surface area contributed by atoms with E-state index in [4.69, 9.17) is 21.4 Å². The highest BCUT2D eigenvalue weighted by atomic mass is 32.1. The van der Waals surface area contributed by atoms with Gasteiger partial charge in [-0.1, -0.05) is 12.1 Å². The number of ether oxygens (including phenoxy) is 1. The lowest BCUT2D eigenvalue weighted by Gasteiger charge is -2.11. The van der Waals surface area contributed by atoms with Gasteiger partial charge < -0.3 is 14.5 Å². The van der Waals surface area contributed by atoms with Crippen LogP contribution in [0.1, 0.15) is 16.4 Å². The molecular formula is C15H14N4O3S. The number of amides is 1. The predicted octanol–water partition coefficient (Wildman–Crippen LogP) is 2.46. The number of rotatable bonds is 5. The van der Waals surface area contributed by atoms with Crippen LogP contribution in [0.5, 0.6) is 5.75 Å². The van der Waals surface area contributed by atoms with E-state index in [1.807, 2.05) is 24.3 Å². The average molecular weight is 330 g/mol. The number of aromatic amines is 1. The Morgan fingerprint density at radius 1 is 1.39 bits per heavy atom. The van der Waals surface area contributed by atoms with Crippen molar-refractivity contribution >= 4 is 18.1 Å². The molecular weight excluding hydrogens is 316 g/mol. The first-order valence-electron chi connectivity index (χ1n) is 6.82. The molecule has 118 valence electrons. The van der Waals surface area contributed by atoms with Gasteiger partial charge in [-0.25, -0.2) is 0 Å². The first-order valence-corrected chi connectivity index (χ1v) is 7.23. The predicted molar refractivity (Wildman–Crippen MR) is 85.2 cm³/mol. The Bertz CT molecular complexity index is 867. The van der Waals surface area contributed by atoms with Crippen molar-refractivity contribution in [2.45, 2.75) is 6.54 Å². The highest BCUT2D eigenvalue weighted by Gasteiger charge is 2.14. The Morgan fingerprint density at radius 3 is 2.96 bits per heavy atom. The van der Waals surface area contributed by atoms with E-state index in [2.05, 4.69) is 15.5 Å². The van der Waals surface area contributed by atoms with Gasteiger partial charge in [-0.05, 0) is 36.5 Å². The van der Waals surface area contributed by atoms with Crippen molar-refractivity contribution in [3.05, 3.63) is 59.0 Å². The van der Waals surface area contributed by atoms with Crippen LogP contribution in [0.25, 0.3) is 5.69 Å². The lowest BCUT2D eigenvalue weighted by molar-refractivity contribution is 0.0922. The van der Waals surface area contributed by atoms with Crippen molar-refractivity contribution in [2.24, 2.45) is 0 Å². The number of furan rings is 1. The number of aromatic nitrogens is 3. The maximum atomic E-state index is 12.0. The van der Waals surface area contributed by atoms with E-state index in [-0.39, 0.29) is 18.2 Å². The van der Waals surface area contributed by atoms with Gasteiger partial charge >= 0.3 is 0 Å². The molecule has 2 aromatic heterocycles. The van der Waals surface area contributed by atoms with E-state index < -0.39 is 0 Å². The molecule has 0 bridgehead atoms. The van der Waals surface area contributed by atoms with E-state index >= 15 is 0 Å². The first-order chi connectivity index (χ1) is 11.2. The third-order valence-corrected chi connectivity index (χ3v) is 3.49. The van der Waals surface area contributed by atoms with Crippen LogP contribution in [-0.4, -0.2) is 27.8 Å². The Morgan fingerprint density at radius 2 is 2.22 bits per heavy atom. The van der Waals surface area contributed by atoms with Crippen molar-refractivity contribution in [3.8, 4) is 11.4 Å². The smallest absolute Gasteiger partial charge is 0.287 e. The number of methoxy groups -OCH3 is 1. The minimum atomic E-state index is -0.324. The molecule has 1 amide bonds. The zero-order chi connectivity index (χ0) is 16.2. The van der Waals surface area contributed by atoms with Gasteiger partial charge in [0.2, 0.25) is 0 Å². The van der Waals surface area contributed by atoms with Crippen LogP contribution < -0.4 is 10.1 Å². The van der Waals surface area contributed by atoms with Crippen LogP contribution in [0.3, 0.4) is 0 Å². The number of nitrogens with one attached hydrogen (secondary N) is 2. The number of carbonyl (C=O) groups is 1. The number of carbonyl (C=O) groups excluding carboxylic acids is 1. The van der Waals surface area contributed by atoms with Crippen molar-refractivity contribution in [2.75, 3.05) is 7.11 Å². The molecule has 2 N–H and O–H groups in total. The fourth-order valence-electron chi connectivity index (χ4n) is 2.17. The molecule has 0 unspecified atom stereocenters. The maximum Gasteiger partial charge on any atom is 0.287 e. The Kier molecular flexibility index (Phi) is 4.24. The normalized spacial score (nSPS) is 10.5. The Labute approximate surface area is 136 Å². The van der Waals surface area contributed by atoms with E-state index in [1.165, 1.54) is 6.26 Å². The third kappa shape index (κ3) is 3.02. The molecule has 0 atom stereocenters. The highest BCUT2D eigenvalue weighted by molar-refractivity contribution is 7.71. The van der Waals surface area contributed by atoms with Crippen molar-refractivity contribution in [1.29, 1.82) is 0 Å². The number of hydrogen-bond acceptors (Lipinski definition) is 5. The van der Waals surface area contributed by atoms with E-state index in [1.54, 1.807) is 23.8 Å². The molecule has 0 spiro atoms. The Balaban J connectivity index is 1.87. The van der Waals surface area contributed by atoms with Crippen LogP contribution in [-0.2, 0) is 6.54 Å². The van der Waals surface area contributed by atoms with Crippen molar-refractivity contribution in [3.63, 3.8) is 0 Å². The fraction of sp³-hybridized carbons (Fsp3) is 0.133. The Hall–Kier alpha value is -2.87. The van der Waals surface area contributed by atoms with E-state index in [9.17, 15) is 4.79 Å². The number of para-hydroxylation sites is 2. The molecule has 0 aliphatic carbocycles. The van der Waals surface area contributed by atoms with Crippen LogP contribution in [0.2, 0.25) is 0 Å². The molecule has 3 aromatic rings. The summed E-state index contributed by atoms with van der Waals surface area (Å²) in [6.07, 6.45) is 1.44. The molecule has 0 saturated heterocycles. The van der Waals surface area contributed by atoms with Crippen LogP contribution >= 0.6 is 12.2 Å². The molecule has 0 aliphatic heterocycles. The minimum Gasteiger partial charge on any atom is -0.495 e. The lowest BCUT2D eigenvalue weighted by Crippen LogP contribution is -2.24. The number of H-pyrrole nitrogens is 1. The second-order valence-electron chi connectivity index (χ2n) is 4.61. The van der Waals surface area contributed by atoms with Gasteiger partial charge in [0, 0.05) is 0 Å². The lowest BCUT2D eigenvalue weighted by atomic mass is 10.3. The maximum absolute atomic E-state index is 12.0. The summed E-state index contributed by atoms with van der Waals surface area (Å²) in [7, 11) is 1.58. The van der Waals surface area contributed by atoms with E-state index in [0.29, 0.717) is 16.3 Å². The SMILES string of the molecule is COc1ccccc1-n1c(CNC(=O)c2ccco2)n[nH]c1=S. The van der Waals surface area contributed by atoms with Gasteiger partial charge in [-0.3, -0.25) is 14.5 Å². The summed E-state index contributed by atoms with van der Waals surface area (Å²) in [6, 6.07) is 10.7. The number of benzene rings is 1. The number of nitrogens with zero attached hydrogens (tertiary/aromatic N) is 2. The molecule has 0 aliphatic rings. The summed E-state index contributed by atoms with van der Waals surface area (Å²) in [5.74, 6) is 1.13. The topological polar surface area (TPSA) is 85.1 Å². The second-order valence-corrected chi connectivity index (χ2v) is 5.00. The summed E-state index contributed by atoms with van der Waals surface area (Å²) >= 11 is 5.28. The van der Waals surface area contributed by atoms with Gasteiger partial charge in [-0.2, -0.15) is 5.10 Å². The second kappa shape index (κ2) is 6.49. The van der Waals surface area contributed by atoms with Crippen LogP contribution in [0.15, 0.2) is 47.1 Å². The summed E-state index contributed by atoms with van der Waals surface area (Å²) in [5.41, 5.74) is 0.746. The quantitative estimate of drug-likeness (QED) is 0.702. The summed E-state index contributed by atoms with van der Waals surface area (Å²) in [4.78, 5) is 12.0. The summed E-state index contributed by atoms with van der Waals surface area (Å²) in [5, 5.41) is 9.64. The van der Waals surface area contributed by atoms with Crippen molar-refractivity contribution < 1.29 is 13.9 Å². The van der Waals surface area contributed by atoms with Gasteiger partial charge in [0.15, 0.2) is 16.4 Å². The average Bonchev–Trinajstić information content (AvgIpc) is 3.22. The highest BCUT2D eigenvalue weighted by Crippen LogP contribution is 2.23. The summed E-state index contributed by atoms with van der Waals surface area (Å²) < 4.78 is 12.5. The van der Waals surface area contributed by atoms with Crippen LogP contribution in [0, 0.1) is 4.77 Å². The van der Waals surface area contributed by atoms with Gasteiger partial charge in [-0.15, -0.1) is 0 Å². The molecule has 0 fully saturated rings. The van der Waals surface area contributed by atoms with E-state index in [0.717, 1.165) is 5.69 Å². The zero-order valence-corrected chi connectivity index (χ0v) is 13.1. The monoisotopic (exact) mass is 330 g/mol. The van der Waals surface area contributed by atoms with Crippen LogP contribution in [0.4, 0.5) is 0 Å². The number of hydrogen-bond donors (Lipinski definition) is 2. The molecule has 0 saturated carbocycles. The van der Waals surface area contributed by atoms with Gasteiger partial charge in [0.1, 0.15) is 5.75 Å². The van der Waals surface area contributed by atoms with Gasteiger partial charge in [0.25, 0.3) is 5.91 Å². The zero-order valence-electron chi connectivity index (χ0n) is 12.3. The van der Waals surface area contributed by atoms with Gasteiger partial charge in [0.05, 0.1) is 25.6 Å². The standard InChI is InChI=1S/C15H14N4O3S/c1-21-11-6-3-2-5-10(11)19-13(17-18-15(19)23)9-16-14(20)12-7-4-8-22-12/h2-8H,9H2,1H3,(H,16,20)(H,18,23). The fourth-order valence-corrected chi connectivity index (χ4v) is 2.41.